The van der Waals surface area contributed by atoms with Crippen LogP contribution in [0.5, 0.6) is 0 Å². The van der Waals surface area contributed by atoms with Crippen LogP contribution in [0.1, 0.15) is 59.8 Å². The minimum Gasteiger partial charge on any atom is -0.462 e. The first-order valence-corrected chi connectivity index (χ1v) is 6.42. The van der Waals surface area contributed by atoms with E-state index in [1.807, 2.05) is 6.92 Å². The number of carbonyl (C=O) groups excluding carboxylic acids is 1. The molecule has 1 atom stereocenters. The highest BCUT2D eigenvalue weighted by Gasteiger charge is 2.11. The molecule has 2 heteroatoms. The van der Waals surface area contributed by atoms with Gasteiger partial charge >= 0.3 is 5.97 Å². The second kappa shape index (κ2) is 9.44. The minimum atomic E-state index is -0.0647. The van der Waals surface area contributed by atoms with Crippen LogP contribution >= 0.6 is 0 Å². The Kier molecular flexibility index (Phi) is 8.97. The predicted octanol–water partition coefficient (Wildman–Crippen LogP) is 4.10. The van der Waals surface area contributed by atoms with Gasteiger partial charge in [-0.15, -0.1) is 0 Å². The molecule has 0 saturated heterocycles. The van der Waals surface area contributed by atoms with E-state index in [9.17, 15) is 4.79 Å². The molecule has 0 rings (SSSR count). The second-order valence-electron chi connectivity index (χ2n) is 4.59. The van der Waals surface area contributed by atoms with Crippen LogP contribution in [-0.2, 0) is 9.53 Å². The fourth-order valence-corrected chi connectivity index (χ4v) is 1.17. The predicted molar refractivity (Wildman–Crippen MR) is 68.3 cm³/mol. The third-order valence-corrected chi connectivity index (χ3v) is 2.63. The van der Waals surface area contributed by atoms with Crippen LogP contribution in [0.2, 0.25) is 0 Å². The molecule has 0 heterocycles. The van der Waals surface area contributed by atoms with E-state index in [0.29, 0.717) is 12.3 Å². The fourth-order valence-electron chi connectivity index (χ4n) is 1.17. The number of ether oxygens (including phenoxy) is 1. The van der Waals surface area contributed by atoms with Crippen molar-refractivity contribution in [2.45, 2.75) is 65.9 Å². The molecule has 0 radical (unpaired) electrons. The molecule has 0 spiro atoms. The smallest absolute Gasteiger partial charge is 0.306 e. The molecule has 1 unspecified atom stereocenters. The van der Waals surface area contributed by atoms with Crippen molar-refractivity contribution in [3.05, 3.63) is 12.2 Å². The second-order valence-corrected chi connectivity index (χ2v) is 4.59. The van der Waals surface area contributed by atoms with E-state index in [1.54, 1.807) is 0 Å². The van der Waals surface area contributed by atoms with Gasteiger partial charge in [0.25, 0.3) is 0 Å². The van der Waals surface area contributed by atoms with Crippen LogP contribution < -0.4 is 0 Å². The normalized spacial score (nSPS) is 13.3. The molecule has 0 amide bonds. The Bertz CT molecular complexity index is 207. The number of hydrogen-bond donors (Lipinski definition) is 0. The van der Waals surface area contributed by atoms with Crippen LogP contribution in [0.3, 0.4) is 0 Å². The third kappa shape index (κ3) is 8.51. The van der Waals surface area contributed by atoms with Crippen LogP contribution in [0, 0.1) is 5.92 Å². The molecule has 0 N–H and O–H groups in total. The van der Waals surface area contributed by atoms with Gasteiger partial charge in [0, 0.05) is 6.42 Å². The topological polar surface area (TPSA) is 26.3 Å². The number of carbonyl (C=O) groups is 1. The average molecular weight is 226 g/mol. The number of rotatable bonds is 8. The Hall–Kier alpha value is -0.790. The summed E-state index contributed by atoms with van der Waals surface area (Å²) in [6, 6.07) is 0. The quantitative estimate of drug-likeness (QED) is 0.354. The summed E-state index contributed by atoms with van der Waals surface area (Å²) in [6.45, 7) is 8.23. The standard InChI is InChI=1S/C14H26O2/c1-5-6-7-8-9-10-11-14(15)16-13(4)12(2)3/h7-8,12-13H,5-6,9-11H2,1-4H3/b8-7+. The van der Waals surface area contributed by atoms with Crippen molar-refractivity contribution < 1.29 is 9.53 Å². The summed E-state index contributed by atoms with van der Waals surface area (Å²) in [6.07, 6.45) is 9.09. The van der Waals surface area contributed by atoms with E-state index >= 15 is 0 Å². The van der Waals surface area contributed by atoms with Gasteiger partial charge in [0.05, 0.1) is 0 Å². The first-order chi connectivity index (χ1) is 7.57. The summed E-state index contributed by atoms with van der Waals surface area (Å²) in [4.78, 5) is 11.4. The highest BCUT2D eigenvalue weighted by atomic mass is 16.5. The molecule has 0 bridgehead atoms. The van der Waals surface area contributed by atoms with Crippen LogP contribution in [0.25, 0.3) is 0 Å². The van der Waals surface area contributed by atoms with Gasteiger partial charge in [-0.2, -0.15) is 0 Å². The monoisotopic (exact) mass is 226 g/mol. The first kappa shape index (κ1) is 15.2. The molecule has 16 heavy (non-hydrogen) atoms. The molecule has 2 nitrogen and oxygen atoms in total. The number of allylic oxidation sites excluding steroid dienone is 2. The zero-order valence-electron chi connectivity index (χ0n) is 11.2. The summed E-state index contributed by atoms with van der Waals surface area (Å²) in [5, 5.41) is 0. The molecule has 0 aromatic heterocycles. The molecule has 0 aromatic carbocycles. The van der Waals surface area contributed by atoms with Crippen LogP contribution in [0.4, 0.5) is 0 Å². The van der Waals surface area contributed by atoms with Crippen molar-refractivity contribution in [2.75, 3.05) is 0 Å². The maximum absolute atomic E-state index is 11.4. The van der Waals surface area contributed by atoms with Crippen molar-refractivity contribution >= 4 is 5.97 Å². The SMILES string of the molecule is CCC/C=C/CCCC(=O)OC(C)C(C)C. The van der Waals surface area contributed by atoms with E-state index < -0.39 is 0 Å². The van der Waals surface area contributed by atoms with Crippen molar-refractivity contribution in [3.8, 4) is 0 Å². The third-order valence-electron chi connectivity index (χ3n) is 2.63. The highest BCUT2D eigenvalue weighted by molar-refractivity contribution is 5.69. The van der Waals surface area contributed by atoms with Crippen LogP contribution in [-0.4, -0.2) is 12.1 Å². The Morgan fingerprint density at radius 2 is 1.81 bits per heavy atom. The molecule has 0 saturated carbocycles. The zero-order chi connectivity index (χ0) is 12.4. The van der Waals surface area contributed by atoms with Crippen molar-refractivity contribution in [2.24, 2.45) is 5.92 Å². The molecule has 0 aliphatic carbocycles. The van der Waals surface area contributed by atoms with E-state index in [1.165, 1.54) is 6.42 Å². The van der Waals surface area contributed by atoms with E-state index in [2.05, 4.69) is 32.9 Å². The molecule has 0 fully saturated rings. The van der Waals surface area contributed by atoms with Gasteiger partial charge < -0.3 is 4.74 Å². The molecular weight excluding hydrogens is 200 g/mol. The Morgan fingerprint density at radius 1 is 1.19 bits per heavy atom. The molecule has 0 aliphatic rings. The summed E-state index contributed by atoms with van der Waals surface area (Å²) >= 11 is 0. The fraction of sp³-hybridized carbons (Fsp3) is 0.786. The van der Waals surface area contributed by atoms with Crippen molar-refractivity contribution in [1.29, 1.82) is 0 Å². The minimum absolute atomic E-state index is 0.0307. The molecule has 0 aliphatic heterocycles. The number of esters is 1. The number of unbranched alkanes of at least 4 members (excludes halogenated alkanes) is 2. The Balaban J connectivity index is 3.51. The van der Waals surface area contributed by atoms with Gasteiger partial charge in [-0.05, 0) is 32.1 Å². The number of hydrogen-bond acceptors (Lipinski definition) is 2. The van der Waals surface area contributed by atoms with Gasteiger partial charge in [0.15, 0.2) is 0 Å². The van der Waals surface area contributed by atoms with E-state index in [-0.39, 0.29) is 12.1 Å². The highest BCUT2D eigenvalue weighted by Crippen LogP contribution is 2.08. The lowest BCUT2D eigenvalue weighted by molar-refractivity contribution is -0.150. The molecular formula is C14H26O2. The molecule has 0 aromatic rings. The van der Waals surface area contributed by atoms with Crippen molar-refractivity contribution in [1.82, 2.24) is 0 Å². The summed E-state index contributed by atoms with van der Waals surface area (Å²) in [7, 11) is 0. The van der Waals surface area contributed by atoms with Gasteiger partial charge in [-0.3, -0.25) is 4.79 Å². The summed E-state index contributed by atoms with van der Waals surface area (Å²) < 4.78 is 5.28. The lowest BCUT2D eigenvalue weighted by Gasteiger charge is -2.16. The van der Waals surface area contributed by atoms with E-state index in [4.69, 9.17) is 4.74 Å². The summed E-state index contributed by atoms with van der Waals surface area (Å²) in [5.74, 6) is 0.332. The lowest BCUT2D eigenvalue weighted by Crippen LogP contribution is -2.19. The Morgan fingerprint density at radius 3 is 2.38 bits per heavy atom. The van der Waals surface area contributed by atoms with Crippen molar-refractivity contribution in [3.63, 3.8) is 0 Å². The van der Waals surface area contributed by atoms with Gasteiger partial charge in [-0.25, -0.2) is 0 Å². The first-order valence-electron chi connectivity index (χ1n) is 6.42. The summed E-state index contributed by atoms with van der Waals surface area (Å²) in [5.41, 5.74) is 0. The molecule has 94 valence electrons. The van der Waals surface area contributed by atoms with Gasteiger partial charge in [0.1, 0.15) is 6.10 Å². The van der Waals surface area contributed by atoms with Gasteiger partial charge in [-0.1, -0.05) is 39.3 Å². The van der Waals surface area contributed by atoms with Crippen LogP contribution in [0.15, 0.2) is 12.2 Å². The maximum Gasteiger partial charge on any atom is 0.306 e. The largest absolute Gasteiger partial charge is 0.462 e. The lowest BCUT2D eigenvalue weighted by atomic mass is 10.1. The van der Waals surface area contributed by atoms with Gasteiger partial charge in [0.2, 0.25) is 0 Å². The maximum atomic E-state index is 11.4. The zero-order valence-corrected chi connectivity index (χ0v) is 11.2. The Labute approximate surface area is 100 Å². The van der Waals surface area contributed by atoms with E-state index in [0.717, 1.165) is 19.3 Å². The average Bonchev–Trinajstić information content (AvgIpc) is 2.23.